The Bertz CT molecular complexity index is 1240. The van der Waals surface area contributed by atoms with Crippen LogP contribution in [-0.2, 0) is 0 Å². The van der Waals surface area contributed by atoms with Crippen LogP contribution in [-0.4, -0.2) is 47.1 Å². The summed E-state index contributed by atoms with van der Waals surface area (Å²) in [6.07, 6.45) is 5.49. The number of para-hydroxylation sites is 1. The van der Waals surface area contributed by atoms with Gasteiger partial charge in [-0.25, -0.2) is 4.98 Å². The van der Waals surface area contributed by atoms with Gasteiger partial charge in [-0.05, 0) is 86.7 Å². The van der Waals surface area contributed by atoms with Gasteiger partial charge in [-0.15, -0.1) is 0 Å². The molecule has 3 aliphatic rings. The number of likely N-dealkylation sites (tertiary alicyclic amines) is 1. The number of hydrogen-bond donors (Lipinski definition) is 1. The lowest BCUT2D eigenvalue weighted by molar-refractivity contribution is 0.0294. The molecule has 2 atom stereocenters. The number of fused-ring (bicyclic) bond motifs is 1. The first kappa shape index (κ1) is 24.3. The van der Waals surface area contributed by atoms with E-state index in [0.29, 0.717) is 10.0 Å². The van der Waals surface area contributed by atoms with Crippen molar-refractivity contribution in [1.29, 1.82) is 0 Å². The van der Waals surface area contributed by atoms with Crippen molar-refractivity contribution >= 4 is 45.9 Å². The molecule has 2 saturated heterocycles. The fourth-order valence-corrected chi connectivity index (χ4v) is 6.91. The number of hydrogen-bond acceptors (Lipinski definition) is 5. The molecule has 0 amide bonds. The highest BCUT2D eigenvalue weighted by Gasteiger charge is 2.40. The van der Waals surface area contributed by atoms with Gasteiger partial charge in [0.1, 0.15) is 5.82 Å². The van der Waals surface area contributed by atoms with Crippen LogP contribution in [0.15, 0.2) is 42.5 Å². The highest BCUT2D eigenvalue weighted by atomic mass is 35.5. The third kappa shape index (κ3) is 4.78. The first-order valence-corrected chi connectivity index (χ1v) is 14.2. The van der Waals surface area contributed by atoms with Crippen LogP contribution in [0.5, 0.6) is 0 Å². The van der Waals surface area contributed by atoms with Crippen LogP contribution < -0.4 is 10.2 Å². The van der Waals surface area contributed by atoms with Crippen molar-refractivity contribution in [1.82, 2.24) is 14.9 Å². The van der Waals surface area contributed by atoms with Crippen LogP contribution in [0.1, 0.15) is 51.1 Å². The van der Waals surface area contributed by atoms with Crippen LogP contribution in [0.2, 0.25) is 10.0 Å². The van der Waals surface area contributed by atoms with E-state index in [1.165, 1.54) is 38.8 Å². The van der Waals surface area contributed by atoms with E-state index < -0.39 is 0 Å². The van der Waals surface area contributed by atoms with Gasteiger partial charge in [-0.2, -0.15) is 4.98 Å². The highest BCUT2D eigenvalue weighted by molar-refractivity contribution is 6.35. The summed E-state index contributed by atoms with van der Waals surface area (Å²) < 4.78 is 0. The molecule has 3 fully saturated rings. The molecule has 1 aromatic heterocycles. The molecule has 190 valence electrons. The molecule has 3 aromatic rings. The van der Waals surface area contributed by atoms with Gasteiger partial charge in [0.15, 0.2) is 0 Å². The van der Waals surface area contributed by atoms with Gasteiger partial charge in [0.05, 0.1) is 11.6 Å². The van der Waals surface area contributed by atoms with Gasteiger partial charge in [0, 0.05) is 41.1 Å². The zero-order valence-corrected chi connectivity index (χ0v) is 22.6. The minimum absolute atomic E-state index is 0.0208. The summed E-state index contributed by atoms with van der Waals surface area (Å²) in [5.74, 6) is 4.13. The second kappa shape index (κ2) is 10.00. The van der Waals surface area contributed by atoms with E-state index in [1.54, 1.807) is 6.07 Å². The predicted molar refractivity (Wildman–Crippen MR) is 150 cm³/mol. The Hall–Kier alpha value is -2.08. The van der Waals surface area contributed by atoms with Crippen molar-refractivity contribution in [2.75, 3.05) is 36.4 Å². The van der Waals surface area contributed by atoms with Crippen LogP contribution in [0.3, 0.4) is 0 Å². The lowest BCUT2D eigenvalue weighted by Crippen LogP contribution is -2.56. The van der Waals surface area contributed by atoms with E-state index in [-0.39, 0.29) is 6.04 Å². The number of nitrogens with zero attached hydrogens (tertiary/aromatic N) is 4. The summed E-state index contributed by atoms with van der Waals surface area (Å²) in [5.41, 5.74) is 1.96. The average molecular weight is 525 g/mol. The minimum atomic E-state index is -0.0208. The number of benzene rings is 2. The molecule has 6 rings (SSSR count). The van der Waals surface area contributed by atoms with E-state index >= 15 is 0 Å². The molecule has 0 radical (unpaired) electrons. The quantitative estimate of drug-likeness (QED) is 0.374. The zero-order valence-electron chi connectivity index (χ0n) is 21.1. The standard InChI is InChI=1S/C29H35Cl2N5/c1-18-12-23(13-18)35-11-5-6-20(15-35)21-16-36(17-21)29-33-27-8-4-3-7-25(27)28(34-29)32-19(2)24-10-9-22(30)14-26(24)31/h3-4,7-10,14,18-21,23H,5-6,11-13,15-17H2,1-2H3,(H,32,33,34)/t18-,19-,20+,23+/m1/s1. The molecule has 2 aliphatic heterocycles. The minimum Gasteiger partial charge on any atom is -0.363 e. The summed E-state index contributed by atoms with van der Waals surface area (Å²) in [7, 11) is 0. The van der Waals surface area contributed by atoms with Crippen LogP contribution in [0.4, 0.5) is 11.8 Å². The van der Waals surface area contributed by atoms with Gasteiger partial charge < -0.3 is 15.1 Å². The summed E-state index contributed by atoms with van der Waals surface area (Å²) in [6, 6.07) is 14.7. The van der Waals surface area contributed by atoms with E-state index in [1.807, 2.05) is 24.3 Å². The maximum atomic E-state index is 6.49. The van der Waals surface area contributed by atoms with E-state index in [0.717, 1.165) is 65.1 Å². The van der Waals surface area contributed by atoms with Gasteiger partial charge >= 0.3 is 0 Å². The van der Waals surface area contributed by atoms with E-state index in [9.17, 15) is 0 Å². The van der Waals surface area contributed by atoms with Crippen molar-refractivity contribution in [2.24, 2.45) is 17.8 Å². The van der Waals surface area contributed by atoms with Crippen molar-refractivity contribution in [3.8, 4) is 0 Å². The second-order valence-corrected chi connectivity index (χ2v) is 12.1. The SMILES string of the molecule is C[C@@H](Nc1nc(N2CC([C@H]3CCCN([C@H]4C[C@@H](C)C4)C3)C2)nc2ccccc12)c1ccc(Cl)cc1Cl. The Morgan fingerprint density at radius 1 is 1.00 bits per heavy atom. The number of aromatic nitrogens is 2. The molecule has 2 aromatic carbocycles. The monoisotopic (exact) mass is 523 g/mol. The predicted octanol–water partition coefficient (Wildman–Crippen LogP) is 7.06. The van der Waals surface area contributed by atoms with Crippen molar-refractivity contribution in [2.45, 2.75) is 51.6 Å². The third-order valence-electron chi connectivity index (χ3n) is 8.59. The molecule has 0 spiro atoms. The lowest BCUT2D eigenvalue weighted by atomic mass is 9.76. The number of halogens is 2. The Labute approximate surface area is 224 Å². The summed E-state index contributed by atoms with van der Waals surface area (Å²) in [4.78, 5) is 15.1. The van der Waals surface area contributed by atoms with Crippen LogP contribution in [0.25, 0.3) is 10.9 Å². The van der Waals surface area contributed by atoms with E-state index in [4.69, 9.17) is 33.2 Å². The van der Waals surface area contributed by atoms with Crippen molar-refractivity contribution in [3.05, 3.63) is 58.1 Å². The van der Waals surface area contributed by atoms with Crippen molar-refractivity contribution in [3.63, 3.8) is 0 Å². The van der Waals surface area contributed by atoms with Gasteiger partial charge in [0.25, 0.3) is 0 Å². The zero-order chi connectivity index (χ0) is 24.8. The molecular formula is C29H35Cl2N5. The van der Waals surface area contributed by atoms with E-state index in [2.05, 4.69) is 41.1 Å². The fraction of sp³-hybridized carbons (Fsp3) is 0.517. The third-order valence-corrected chi connectivity index (χ3v) is 9.15. The lowest BCUT2D eigenvalue weighted by Gasteiger charge is -2.50. The number of nitrogens with one attached hydrogen (secondary N) is 1. The summed E-state index contributed by atoms with van der Waals surface area (Å²) in [5, 5.41) is 5.92. The molecule has 1 N–H and O–H groups in total. The Morgan fingerprint density at radius 2 is 1.81 bits per heavy atom. The Morgan fingerprint density at radius 3 is 2.58 bits per heavy atom. The largest absolute Gasteiger partial charge is 0.363 e. The molecule has 7 heteroatoms. The Kier molecular flexibility index (Phi) is 6.74. The number of piperidine rings is 1. The fourth-order valence-electron chi connectivity index (χ4n) is 6.34. The second-order valence-electron chi connectivity index (χ2n) is 11.2. The van der Waals surface area contributed by atoms with Crippen LogP contribution in [0, 0.1) is 17.8 Å². The normalized spacial score (nSPS) is 25.9. The summed E-state index contributed by atoms with van der Waals surface area (Å²) in [6.45, 7) is 9.16. The average Bonchev–Trinajstić information content (AvgIpc) is 2.81. The van der Waals surface area contributed by atoms with Gasteiger partial charge in [-0.3, -0.25) is 0 Å². The molecule has 5 nitrogen and oxygen atoms in total. The van der Waals surface area contributed by atoms with Gasteiger partial charge in [0.2, 0.25) is 5.95 Å². The Balaban J connectivity index is 1.17. The maximum Gasteiger partial charge on any atom is 0.227 e. The molecular weight excluding hydrogens is 489 g/mol. The maximum absolute atomic E-state index is 6.49. The van der Waals surface area contributed by atoms with Crippen molar-refractivity contribution < 1.29 is 0 Å². The summed E-state index contributed by atoms with van der Waals surface area (Å²) >= 11 is 12.6. The molecule has 0 bridgehead atoms. The molecule has 36 heavy (non-hydrogen) atoms. The molecule has 1 aliphatic carbocycles. The molecule has 3 heterocycles. The van der Waals surface area contributed by atoms with Gasteiger partial charge in [-0.1, -0.05) is 48.3 Å². The molecule has 1 saturated carbocycles. The smallest absolute Gasteiger partial charge is 0.227 e. The molecule has 0 unspecified atom stereocenters. The number of anilines is 2. The topological polar surface area (TPSA) is 44.3 Å². The van der Waals surface area contributed by atoms with Crippen LogP contribution >= 0.6 is 23.2 Å². The number of rotatable bonds is 6. The first-order chi connectivity index (χ1) is 17.4. The first-order valence-electron chi connectivity index (χ1n) is 13.4. The highest BCUT2D eigenvalue weighted by Crippen LogP contribution is 2.38.